The first-order valence-corrected chi connectivity index (χ1v) is 8.22. The number of anilines is 2. The Bertz CT molecular complexity index is 588. The van der Waals surface area contributed by atoms with Gasteiger partial charge in [-0.2, -0.15) is 0 Å². The van der Waals surface area contributed by atoms with Crippen LogP contribution in [0.2, 0.25) is 0 Å². The minimum atomic E-state index is -0.692. The van der Waals surface area contributed by atoms with Crippen LogP contribution in [0.1, 0.15) is 24.2 Å². The number of halogens is 1. The molecule has 2 amide bonds. The van der Waals surface area contributed by atoms with Gasteiger partial charge in [-0.25, -0.2) is 0 Å². The number of methoxy groups -OCH3 is 1. The Morgan fingerprint density at radius 1 is 1.29 bits per heavy atom. The SMILES string of the molecule is COCCNC(=O)c1cc(NC(=O)C(C)(C)CCl)ccc1N(C)C. The molecule has 7 heteroatoms. The molecule has 0 fully saturated rings. The zero-order valence-corrected chi connectivity index (χ0v) is 15.7. The molecule has 0 atom stereocenters. The number of alkyl halides is 1. The quantitative estimate of drug-likeness (QED) is 0.554. The maximum Gasteiger partial charge on any atom is 0.253 e. The summed E-state index contributed by atoms with van der Waals surface area (Å²) in [4.78, 5) is 26.5. The number of hydrogen-bond acceptors (Lipinski definition) is 4. The molecule has 1 aromatic rings. The van der Waals surface area contributed by atoms with Crippen molar-refractivity contribution in [2.24, 2.45) is 5.41 Å². The van der Waals surface area contributed by atoms with Gasteiger partial charge in [0.25, 0.3) is 5.91 Å². The summed E-state index contributed by atoms with van der Waals surface area (Å²) in [6.45, 7) is 4.38. The van der Waals surface area contributed by atoms with E-state index in [0.717, 1.165) is 5.69 Å². The molecule has 0 saturated heterocycles. The Kier molecular flexibility index (Phi) is 7.51. The number of ether oxygens (including phenoxy) is 1. The second-order valence-electron chi connectivity index (χ2n) is 6.35. The van der Waals surface area contributed by atoms with Crippen LogP contribution >= 0.6 is 11.6 Å². The van der Waals surface area contributed by atoms with Crippen molar-refractivity contribution in [2.75, 3.05) is 50.5 Å². The van der Waals surface area contributed by atoms with Gasteiger partial charge in [-0.05, 0) is 32.0 Å². The number of benzene rings is 1. The third kappa shape index (κ3) is 5.39. The molecule has 0 heterocycles. The summed E-state index contributed by atoms with van der Waals surface area (Å²) in [6, 6.07) is 5.23. The summed E-state index contributed by atoms with van der Waals surface area (Å²) in [7, 11) is 5.29. The zero-order chi connectivity index (χ0) is 18.3. The van der Waals surface area contributed by atoms with Crippen LogP contribution in [0, 0.1) is 5.41 Å². The van der Waals surface area contributed by atoms with Gasteiger partial charge in [-0.15, -0.1) is 11.6 Å². The third-order valence-electron chi connectivity index (χ3n) is 3.52. The Hall–Kier alpha value is -1.79. The largest absolute Gasteiger partial charge is 0.383 e. The molecular formula is C17H26ClN3O3. The molecule has 6 nitrogen and oxygen atoms in total. The van der Waals surface area contributed by atoms with Gasteiger partial charge in [-0.1, -0.05) is 0 Å². The van der Waals surface area contributed by atoms with E-state index in [9.17, 15) is 9.59 Å². The number of hydrogen-bond donors (Lipinski definition) is 2. The van der Waals surface area contributed by atoms with Crippen molar-refractivity contribution < 1.29 is 14.3 Å². The van der Waals surface area contributed by atoms with Crippen LogP contribution in [0.4, 0.5) is 11.4 Å². The normalized spacial score (nSPS) is 11.1. The maximum absolute atomic E-state index is 12.4. The molecule has 2 N–H and O–H groups in total. The number of carbonyl (C=O) groups excluding carboxylic acids is 2. The third-order valence-corrected chi connectivity index (χ3v) is 4.19. The van der Waals surface area contributed by atoms with Crippen molar-refractivity contribution in [3.63, 3.8) is 0 Å². The minimum Gasteiger partial charge on any atom is -0.383 e. The standard InChI is InChI=1S/C17H26ClN3O3/c1-17(2,11-18)16(23)20-12-6-7-14(21(3)4)13(10-12)15(22)19-8-9-24-5/h6-7,10H,8-9,11H2,1-5H3,(H,19,22)(H,20,23). The average molecular weight is 356 g/mol. The molecule has 1 rings (SSSR count). The number of carbonyl (C=O) groups is 2. The number of amides is 2. The lowest BCUT2D eigenvalue weighted by molar-refractivity contribution is -0.122. The molecule has 1 aromatic carbocycles. The van der Waals surface area contributed by atoms with Crippen LogP contribution in [-0.2, 0) is 9.53 Å². The van der Waals surface area contributed by atoms with E-state index >= 15 is 0 Å². The lowest BCUT2D eigenvalue weighted by Gasteiger charge is -2.22. The van der Waals surface area contributed by atoms with Crippen molar-refractivity contribution in [1.29, 1.82) is 0 Å². The Morgan fingerprint density at radius 3 is 2.50 bits per heavy atom. The van der Waals surface area contributed by atoms with Crippen molar-refractivity contribution in [3.05, 3.63) is 23.8 Å². The fourth-order valence-corrected chi connectivity index (χ4v) is 2.03. The van der Waals surface area contributed by atoms with E-state index in [4.69, 9.17) is 16.3 Å². The first kappa shape index (κ1) is 20.3. The topological polar surface area (TPSA) is 70.7 Å². The molecule has 24 heavy (non-hydrogen) atoms. The molecule has 0 aliphatic carbocycles. The van der Waals surface area contributed by atoms with E-state index in [-0.39, 0.29) is 17.7 Å². The molecule has 0 saturated carbocycles. The van der Waals surface area contributed by atoms with Gasteiger partial charge in [0.1, 0.15) is 0 Å². The highest BCUT2D eigenvalue weighted by Crippen LogP contribution is 2.25. The van der Waals surface area contributed by atoms with Crippen molar-refractivity contribution in [2.45, 2.75) is 13.8 Å². The molecule has 134 valence electrons. The van der Waals surface area contributed by atoms with Gasteiger partial charge in [0.2, 0.25) is 5.91 Å². The van der Waals surface area contributed by atoms with E-state index in [2.05, 4.69) is 10.6 Å². The molecule has 0 aromatic heterocycles. The van der Waals surface area contributed by atoms with Crippen LogP contribution in [0.15, 0.2) is 18.2 Å². The predicted molar refractivity (Wildman–Crippen MR) is 98.1 cm³/mol. The van der Waals surface area contributed by atoms with Crippen LogP contribution in [0.25, 0.3) is 0 Å². The van der Waals surface area contributed by atoms with E-state index in [1.807, 2.05) is 19.0 Å². The highest BCUT2D eigenvalue weighted by molar-refractivity contribution is 6.20. The molecule has 0 aliphatic rings. The molecule has 0 spiro atoms. The first-order valence-electron chi connectivity index (χ1n) is 7.69. The van der Waals surface area contributed by atoms with Crippen LogP contribution < -0.4 is 15.5 Å². The van der Waals surface area contributed by atoms with E-state index in [1.165, 1.54) is 0 Å². The van der Waals surface area contributed by atoms with Gasteiger partial charge in [-0.3, -0.25) is 9.59 Å². The van der Waals surface area contributed by atoms with Gasteiger partial charge in [0.05, 0.1) is 17.6 Å². The van der Waals surface area contributed by atoms with Crippen LogP contribution in [0.3, 0.4) is 0 Å². The predicted octanol–water partition coefficient (Wildman–Crippen LogP) is 2.33. The molecule has 0 radical (unpaired) electrons. The zero-order valence-electron chi connectivity index (χ0n) is 14.9. The van der Waals surface area contributed by atoms with Crippen LogP contribution in [-0.4, -0.2) is 52.1 Å². The summed E-state index contributed by atoms with van der Waals surface area (Å²) < 4.78 is 4.94. The number of nitrogens with zero attached hydrogens (tertiary/aromatic N) is 1. The van der Waals surface area contributed by atoms with E-state index in [1.54, 1.807) is 39.2 Å². The molecular weight excluding hydrogens is 330 g/mol. The smallest absolute Gasteiger partial charge is 0.253 e. The molecule has 0 aliphatic heterocycles. The average Bonchev–Trinajstić information content (AvgIpc) is 2.54. The molecule has 0 unspecified atom stereocenters. The Morgan fingerprint density at radius 2 is 1.96 bits per heavy atom. The summed E-state index contributed by atoms with van der Waals surface area (Å²) in [6.07, 6.45) is 0. The maximum atomic E-state index is 12.4. The number of nitrogens with one attached hydrogen (secondary N) is 2. The Balaban J connectivity index is 3.03. The van der Waals surface area contributed by atoms with Gasteiger partial charge >= 0.3 is 0 Å². The highest BCUT2D eigenvalue weighted by Gasteiger charge is 2.27. The van der Waals surface area contributed by atoms with Gasteiger partial charge < -0.3 is 20.3 Å². The second-order valence-corrected chi connectivity index (χ2v) is 6.61. The van der Waals surface area contributed by atoms with Crippen molar-refractivity contribution in [3.8, 4) is 0 Å². The Labute approximate surface area is 148 Å². The lowest BCUT2D eigenvalue weighted by Crippen LogP contribution is -2.32. The summed E-state index contributed by atoms with van der Waals surface area (Å²) in [5.74, 6) is -0.205. The van der Waals surface area contributed by atoms with Crippen molar-refractivity contribution >= 4 is 34.8 Å². The van der Waals surface area contributed by atoms with Crippen LogP contribution in [0.5, 0.6) is 0 Å². The lowest BCUT2D eigenvalue weighted by atomic mass is 9.95. The van der Waals surface area contributed by atoms with E-state index in [0.29, 0.717) is 24.4 Å². The van der Waals surface area contributed by atoms with Gasteiger partial charge in [0, 0.05) is 45.0 Å². The second kappa shape index (κ2) is 8.89. The number of rotatable bonds is 8. The summed E-state index contributed by atoms with van der Waals surface area (Å²) in [5.41, 5.74) is 1.11. The fraction of sp³-hybridized carbons (Fsp3) is 0.529. The highest BCUT2D eigenvalue weighted by atomic mass is 35.5. The molecule has 0 bridgehead atoms. The first-order chi connectivity index (χ1) is 11.2. The van der Waals surface area contributed by atoms with Gasteiger partial charge in [0.15, 0.2) is 0 Å². The van der Waals surface area contributed by atoms with E-state index < -0.39 is 5.41 Å². The summed E-state index contributed by atoms with van der Waals surface area (Å²) in [5, 5.41) is 5.61. The van der Waals surface area contributed by atoms with Crippen molar-refractivity contribution in [1.82, 2.24) is 5.32 Å². The fourth-order valence-electron chi connectivity index (χ4n) is 1.91. The monoisotopic (exact) mass is 355 g/mol. The summed E-state index contributed by atoms with van der Waals surface area (Å²) >= 11 is 5.83. The minimum absolute atomic E-state index is 0.194.